The number of thiophene rings is 1. The van der Waals surface area contributed by atoms with Gasteiger partial charge in [0.2, 0.25) is 0 Å². The highest BCUT2D eigenvalue weighted by Gasteiger charge is 2.43. The van der Waals surface area contributed by atoms with Gasteiger partial charge in [-0.05, 0) is 57.9 Å². The third-order valence-corrected chi connectivity index (χ3v) is 5.15. The maximum atomic E-state index is 3.56. The van der Waals surface area contributed by atoms with E-state index in [1.54, 1.807) is 0 Å². The minimum absolute atomic E-state index is 0.308. The Labute approximate surface area is 109 Å². The Morgan fingerprint density at radius 1 is 1.35 bits per heavy atom. The summed E-state index contributed by atoms with van der Waals surface area (Å²) in [6.07, 6.45) is 5.33. The van der Waals surface area contributed by atoms with Crippen LogP contribution in [0.25, 0.3) is 0 Å². The number of nitrogens with zero attached hydrogens (tertiary/aromatic N) is 1. The zero-order chi connectivity index (χ0) is 12.5. The van der Waals surface area contributed by atoms with E-state index in [1.807, 2.05) is 11.3 Å². The Morgan fingerprint density at radius 3 is 2.41 bits per heavy atom. The Balaban J connectivity index is 2.33. The van der Waals surface area contributed by atoms with Gasteiger partial charge in [-0.25, -0.2) is 0 Å². The van der Waals surface area contributed by atoms with Gasteiger partial charge in [0.25, 0.3) is 0 Å². The Bertz CT molecular complexity index is 364. The van der Waals surface area contributed by atoms with Crippen LogP contribution in [0.1, 0.15) is 42.2 Å². The van der Waals surface area contributed by atoms with Crippen molar-refractivity contribution in [3.05, 3.63) is 21.9 Å². The van der Waals surface area contributed by atoms with Crippen LogP contribution in [0.5, 0.6) is 0 Å². The first kappa shape index (κ1) is 13.1. The molecule has 1 unspecified atom stereocenters. The van der Waals surface area contributed by atoms with E-state index in [9.17, 15) is 0 Å². The lowest BCUT2D eigenvalue weighted by atomic mass is 9.83. The van der Waals surface area contributed by atoms with E-state index < -0.39 is 0 Å². The predicted octanol–water partition coefficient (Wildman–Crippen LogP) is 3.19. The van der Waals surface area contributed by atoms with Gasteiger partial charge in [0.15, 0.2) is 0 Å². The summed E-state index contributed by atoms with van der Waals surface area (Å²) in [5, 5.41) is 5.88. The normalized spacial score (nSPS) is 21.0. The van der Waals surface area contributed by atoms with Crippen molar-refractivity contribution in [1.82, 2.24) is 10.2 Å². The molecule has 0 saturated heterocycles. The van der Waals surface area contributed by atoms with E-state index in [-0.39, 0.29) is 0 Å². The Hall–Kier alpha value is -0.380. The van der Waals surface area contributed by atoms with Crippen molar-refractivity contribution in [3.8, 4) is 0 Å². The lowest BCUT2D eigenvalue weighted by Crippen LogP contribution is -2.51. The van der Waals surface area contributed by atoms with Crippen LogP contribution in [0, 0.1) is 6.92 Å². The van der Waals surface area contributed by atoms with Gasteiger partial charge in [-0.1, -0.05) is 12.8 Å². The summed E-state index contributed by atoms with van der Waals surface area (Å²) in [7, 11) is 6.56. The van der Waals surface area contributed by atoms with E-state index in [1.165, 1.54) is 36.1 Å². The van der Waals surface area contributed by atoms with Crippen molar-refractivity contribution >= 4 is 11.3 Å². The summed E-state index contributed by atoms with van der Waals surface area (Å²) in [5.74, 6) is 0. The average Bonchev–Trinajstić information content (AvgIpc) is 2.90. The predicted molar refractivity (Wildman–Crippen MR) is 75.7 cm³/mol. The van der Waals surface area contributed by atoms with Gasteiger partial charge in [-0.2, -0.15) is 0 Å². The van der Waals surface area contributed by atoms with Gasteiger partial charge in [-0.3, -0.25) is 0 Å². The van der Waals surface area contributed by atoms with Crippen LogP contribution in [0.3, 0.4) is 0 Å². The van der Waals surface area contributed by atoms with Crippen molar-refractivity contribution in [2.24, 2.45) is 0 Å². The van der Waals surface area contributed by atoms with Crippen molar-refractivity contribution in [3.63, 3.8) is 0 Å². The highest BCUT2D eigenvalue weighted by atomic mass is 32.1. The van der Waals surface area contributed by atoms with E-state index in [2.05, 4.69) is 49.7 Å². The van der Waals surface area contributed by atoms with Crippen LogP contribution in [-0.4, -0.2) is 31.6 Å². The molecule has 0 radical (unpaired) electrons. The number of hydrogen-bond acceptors (Lipinski definition) is 3. The molecule has 1 aromatic heterocycles. The van der Waals surface area contributed by atoms with Crippen LogP contribution >= 0.6 is 11.3 Å². The van der Waals surface area contributed by atoms with Gasteiger partial charge in [0.1, 0.15) is 0 Å². The summed E-state index contributed by atoms with van der Waals surface area (Å²) in [4.78, 5) is 3.85. The molecule has 2 rings (SSSR count). The number of rotatable bonds is 4. The number of likely N-dealkylation sites (N-methyl/N-ethyl adjacent to an activating group) is 2. The quantitative estimate of drug-likeness (QED) is 0.885. The van der Waals surface area contributed by atoms with Crippen molar-refractivity contribution in [2.45, 2.75) is 44.2 Å². The van der Waals surface area contributed by atoms with E-state index >= 15 is 0 Å². The molecule has 17 heavy (non-hydrogen) atoms. The number of nitrogens with one attached hydrogen (secondary N) is 1. The molecule has 2 nitrogen and oxygen atoms in total. The fraction of sp³-hybridized carbons (Fsp3) is 0.714. The second-order valence-corrected chi connectivity index (χ2v) is 6.53. The zero-order valence-electron chi connectivity index (χ0n) is 11.4. The fourth-order valence-electron chi connectivity index (χ4n) is 3.34. The molecule has 0 bridgehead atoms. The Morgan fingerprint density at radius 2 is 2.00 bits per heavy atom. The molecule has 96 valence electrons. The van der Waals surface area contributed by atoms with Crippen LogP contribution in [0.4, 0.5) is 0 Å². The van der Waals surface area contributed by atoms with Gasteiger partial charge >= 0.3 is 0 Å². The van der Waals surface area contributed by atoms with E-state index in [4.69, 9.17) is 0 Å². The first-order chi connectivity index (χ1) is 8.10. The average molecular weight is 252 g/mol. The molecule has 1 aliphatic rings. The molecule has 1 fully saturated rings. The topological polar surface area (TPSA) is 15.3 Å². The standard InChI is InChI=1S/C14H24N2S/c1-11-9-12(10-17-11)13(15-2)14(16(3)4)7-5-6-8-14/h9-10,13,15H,5-8H2,1-4H3. The molecule has 3 heteroatoms. The second kappa shape index (κ2) is 5.09. The minimum atomic E-state index is 0.308. The lowest BCUT2D eigenvalue weighted by Gasteiger charge is -2.43. The second-order valence-electron chi connectivity index (χ2n) is 5.42. The largest absolute Gasteiger partial charge is 0.311 e. The smallest absolute Gasteiger partial charge is 0.0512 e. The summed E-state index contributed by atoms with van der Waals surface area (Å²) in [5.41, 5.74) is 1.77. The molecule has 1 aliphatic carbocycles. The molecule has 0 aliphatic heterocycles. The highest BCUT2D eigenvalue weighted by molar-refractivity contribution is 7.10. The summed E-state index contributed by atoms with van der Waals surface area (Å²) in [6.45, 7) is 2.19. The van der Waals surface area contributed by atoms with Gasteiger partial charge in [-0.15, -0.1) is 11.3 Å². The first-order valence-corrected chi connectivity index (χ1v) is 7.38. The SMILES string of the molecule is CNC(c1csc(C)c1)C1(N(C)C)CCCC1. The van der Waals surface area contributed by atoms with Gasteiger partial charge in [0.05, 0.1) is 6.04 Å². The number of hydrogen-bond donors (Lipinski definition) is 1. The van der Waals surface area contributed by atoms with Crippen LogP contribution in [0.15, 0.2) is 11.4 Å². The summed E-state index contributed by atoms with van der Waals surface area (Å²) in [6, 6.07) is 2.81. The maximum Gasteiger partial charge on any atom is 0.0512 e. The zero-order valence-corrected chi connectivity index (χ0v) is 12.2. The number of aryl methyl sites for hydroxylation is 1. The molecule has 1 aromatic rings. The summed E-state index contributed by atoms with van der Waals surface area (Å²) >= 11 is 1.86. The van der Waals surface area contributed by atoms with E-state index in [0.717, 1.165) is 0 Å². The molecule has 1 saturated carbocycles. The van der Waals surface area contributed by atoms with E-state index in [0.29, 0.717) is 11.6 Å². The molecule has 0 amide bonds. The first-order valence-electron chi connectivity index (χ1n) is 6.50. The molecular weight excluding hydrogens is 228 g/mol. The van der Waals surface area contributed by atoms with Crippen LogP contribution < -0.4 is 5.32 Å². The van der Waals surface area contributed by atoms with Crippen molar-refractivity contribution in [1.29, 1.82) is 0 Å². The molecule has 0 aromatic carbocycles. The molecular formula is C14H24N2S. The van der Waals surface area contributed by atoms with Gasteiger partial charge in [0, 0.05) is 10.4 Å². The van der Waals surface area contributed by atoms with Crippen molar-refractivity contribution in [2.75, 3.05) is 21.1 Å². The van der Waals surface area contributed by atoms with Crippen molar-refractivity contribution < 1.29 is 0 Å². The third-order valence-electron chi connectivity index (χ3n) is 4.27. The fourth-order valence-corrected chi connectivity index (χ4v) is 4.07. The molecule has 1 atom stereocenters. The molecule has 1 N–H and O–H groups in total. The minimum Gasteiger partial charge on any atom is -0.311 e. The van der Waals surface area contributed by atoms with Crippen LogP contribution in [0.2, 0.25) is 0 Å². The molecule has 0 spiro atoms. The third kappa shape index (κ3) is 2.28. The van der Waals surface area contributed by atoms with Gasteiger partial charge < -0.3 is 10.2 Å². The Kier molecular flexibility index (Phi) is 3.91. The van der Waals surface area contributed by atoms with Crippen LogP contribution in [-0.2, 0) is 0 Å². The summed E-state index contributed by atoms with van der Waals surface area (Å²) < 4.78 is 0. The maximum absolute atomic E-state index is 3.56. The lowest BCUT2D eigenvalue weighted by molar-refractivity contribution is 0.109. The molecule has 1 heterocycles. The highest BCUT2D eigenvalue weighted by Crippen LogP contribution is 2.43. The monoisotopic (exact) mass is 252 g/mol.